The highest BCUT2D eigenvalue weighted by Crippen LogP contribution is 2.34. The van der Waals surface area contributed by atoms with Crippen molar-refractivity contribution in [1.82, 2.24) is 4.98 Å². The maximum Gasteiger partial charge on any atom is 0.234 e. The highest BCUT2D eigenvalue weighted by Gasteiger charge is 2.21. The van der Waals surface area contributed by atoms with Gasteiger partial charge in [-0.25, -0.2) is 4.98 Å². The summed E-state index contributed by atoms with van der Waals surface area (Å²) in [5, 5.41) is 3.40. The van der Waals surface area contributed by atoms with E-state index in [1.165, 1.54) is 11.3 Å². The molecule has 4 aromatic rings. The van der Waals surface area contributed by atoms with E-state index in [4.69, 9.17) is 16.6 Å². The number of amides is 1. The topological polar surface area (TPSA) is 33.2 Å². The lowest BCUT2D eigenvalue weighted by atomic mass is 10.2. The first-order valence-corrected chi connectivity index (χ1v) is 10.6. The Kier molecular flexibility index (Phi) is 5.25. The number of fused-ring (bicyclic) bond motifs is 1. The van der Waals surface area contributed by atoms with Crippen LogP contribution in [-0.4, -0.2) is 10.9 Å². The average Bonchev–Trinajstić information content (AvgIpc) is 3.33. The van der Waals surface area contributed by atoms with Crippen LogP contribution < -0.4 is 4.90 Å². The van der Waals surface area contributed by atoms with Gasteiger partial charge in [0.25, 0.3) is 0 Å². The van der Waals surface area contributed by atoms with Crippen molar-refractivity contribution in [2.75, 3.05) is 4.90 Å². The van der Waals surface area contributed by atoms with E-state index < -0.39 is 0 Å². The van der Waals surface area contributed by atoms with Gasteiger partial charge in [0.1, 0.15) is 0 Å². The number of carbonyl (C=O) groups excluding carboxylic acids is 1. The monoisotopic (exact) mass is 412 g/mol. The molecule has 0 saturated heterocycles. The van der Waals surface area contributed by atoms with Gasteiger partial charge in [-0.1, -0.05) is 59.3 Å². The minimum atomic E-state index is 0.0455. The quantitative estimate of drug-likeness (QED) is 0.397. The molecule has 136 valence electrons. The van der Waals surface area contributed by atoms with Gasteiger partial charge >= 0.3 is 0 Å². The Morgan fingerprint density at radius 1 is 1.11 bits per heavy atom. The Bertz CT molecular complexity index is 1070. The number of nitrogens with zero attached hydrogens (tertiary/aromatic N) is 2. The lowest BCUT2D eigenvalue weighted by Gasteiger charge is -2.19. The summed E-state index contributed by atoms with van der Waals surface area (Å²) in [6.07, 6.45) is 0.375. The second-order valence-corrected chi connectivity index (χ2v) is 8.69. The molecule has 3 nitrogen and oxygen atoms in total. The molecule has 0 N–H and O–H groups in total. The summed E-state index contributed by atoms with van der Waals surface area (Å²) in [4.78, 5) is 20.7. The van der Waals surface area contributed by atoms with E-state index in [2.05, 4.69) is 0 Å². The third-order valence-corrected chi connectivity index (χ3v) is 6.69. The number of hydrogen-bond donors (Lipinski definition) is 0. The largest absolute Gasteiger partial charge is 0.283 e. The van der Waals surface area contributed by atoms with Gasteiger partial charge < -0.3 is 0 Å². The molecule has 0 radical (unpaired) electrons. The molecule has 27 heavy (non-hydrogen) atoms. The second-order valence-electron chi connectivity index (χ2n) is 6.24. The van der Waals surface area contributed by atoms with Crippen molar-refractivity contribution in [2.45, 2.75) is 19.9 Å². The predicted octanol–water partition coefficient (Wildman–Crippen LogP) is 6.10. The van der Waals surface area contributed by atoms with E-state index in [1.807, 2.05) is 66.9 Å². The molecular formula is C21H17ClN2OS2. The number of halogens is 1. The molecule has 0 aliphatic rings. The van der Waals surface area contributed by atoms with Crippen LogP contribution in [0.3, 0.4) is 0 Å². The van der Waals surface area contributed by atoms with E-state index in [1.54, 1.807) is 16.2 Å². The predicted molar refractivity (Wildman–Crippen MR) is 115 cm³/mol. The van der Waals surface area contributed by atoms with Gasteiger partial charge in [-0.05, 0) is 41.6 Å². The first kappa shape index (κ1) is 18.2. The molecule has 2 aromatic carbocycles. The maximum absolute atomic E-state index is 13.1. The van der Waals surface area contributed by atoms with Crippen molar-refractivity contribution in [1.29, 1.82) is 0 Å². The molecule has 0 spiro atoms. The Morgan fingerprint density at radius 2 is 1.93 bits per heavy atom. The fourth-order valence-electron chi connectivity index (χ4n) is 2.89. The minimum absolute atomic E-state index is 0.0455. The normalized spacial score (nSPS) is 11.0. The number of thiophene rings is 1. The van der Waals surface area contributed by atoms with E-state index in [-0.39, 0.29) is 5.91 Å². The lowest BCUT2D eigenvalue weighted by molar-refractivity contribution is -0.118. The molecule has 0 atom stereocenters. The third kappa shape index (κ3) is 3.90. The van der Waals surface area contributed by atoms with E-state index in [9.17, 15) is 4.79 Å². The van der Waals surface area contributed by atoms with Crippen molar-refractivity contribution < 1.29 is 4.79 Å². The fourth-order valence-corrected chi connectivity index (χ4v) is 4.78. The molecule has 0 bridgehead atoms. The highest BCUT2D eigenvalue weighted by molar-refractivity contribution is 7.22. The van der Waals surface area contributed by atoms with Gasteiger partial charge in [0.05, 0.1) is 23.2 Å². The molecule has 6 heteroatoms. The van der Waals surface area contributed by atoms with Crippen LogP contribution in [0.15, 0.2) is 60.0 Å². The Morgan fingerprint density at radius 3 is 2.67 bits per heavy atom. The van der Waals surface area contributed by atoms with Gasteiger partial charge in [0.2, 0.25) is 5.91 Å². The maximum atomic E-state index is 13.1. The fraction of sp³-hybridized carbons (Fsp3) is 0.143. The molecule has 2 aromatic heterocycles. The number of thiazole rings is 1. The Hall–Kier alpha value is -2.21. The van der Waals surface area contributed by atoms with Crippen molar-refractivity contribution >= 4 is 55.5 Å². The molecule has 1 amide bonds. The smallest absolute Gasteiger partial charge is 0.234 e. The highest BCUT2D eigenvalue weighted by atomic mass is 35.5. The molecular weight excluding hydrogens is 396 g/mol. The van der Waals surface area contributed by atoms with Gasteiger partial charge in [-0.2, -0.15) is 0 Å². The van der Waals surface area contributed by atoms with Crippen molar-refractivity contribution in [3.05, 3.63) is 81.0 Å². The van der Waals surface area contributed by atoms with Crippen LogP contribution >= 0.6 is 34.3 Å². The molecule has 0 aliphatic heterocycles. The molecule has 4 rings (SSSR count). The first-order chi connectivity index (χ1) is 13.1. The molecule has 0 aliphatic carbocycles. The van der Waals surface area contributed by atoms with Crippen LogP contribution in [0.1, 0.15) is 16.0 Å². The summed E-state index contributed by atoms with van der Waals surface area (Å²) in [6, 6.07) is 17.8. The standard InChI is InChI=1S/C21H17ClN2OS2/c1-14-17(22)9-10-18-20(14)23-21(27-18)24(13-15-6-3-2-4-7-15)19(25)12-16-8-5-11-26-16/h2-11H,12-13H2,1H3. The number of carbonyl (C=O) groups is 1. The molecule has 0 fully saturated rings. The summed E-state index contributed by atoms with van der Waals surface area (Å²) >= 11 is 9.37. The SMILES string of the molecule is Cc1c(Cl)ccc2sc(N(Cc3ccccc3)C(=O)Cc3cccs3)nc12. The van der Waals surface area contributed by atoms with Crippen molar-refractivity contribution in [2.24, 2.45) is 0 Å². The first-order valence-electron chi connectivity index (χ1n) is 8.54. The van der Waals surface area contributed by atoms with Crippen LogP contribution in [0.25, 0.3) is 10.2 Å². The van der Waals surface area contributed by atoms with Crippen LogP contribution in [0.2, 0.25) is 5.02 Å². The number of anilines is 1. The van der Waals surface area contributed by atoms with Crippen molar-refractivity contribution in [3.63, 3.8) is 0 Å². The molecule has 0 saturated carbocycles. The van der Waals surface area contributed by atoms with Gasteiger partial charge in [-0.3, -0.25) is 9.69 Å². The van der Waals surface area contributed by atoms with Crippen LogP contribution in [0.4, 0.5) is 5.13 Å². The van der Waals surface area contributed by atoms with Crippen LogP contribution in [0.5, 0.6) is 0 Å². The lowest BCUT2D eigenvalue weighted by Crippen LogP contribution is -2.31. The molecule has 2 heterocycles. The minimum Gasteiger partial charge on any atom is -0.283 e. The van der Waals surface area contributed by atoms with Crippen LogP contribution in [-0.2, 0) is 17.8 Å². The van der Waals surface area contributed by atoms with Gasteiger partial charge in [-0.15, -0.1) is 11.3 Å². The summed E-state index contributed by atoms with van der Waals surface area (Å²) in [7, 11) is 0. The van der Waals surface area contributed by atoms with Gasteiger partial charge in [0.15, 0.2) is 5.13 Å². The number of aryl methyl sites for hydroxylation is 1. The van der Waals surface area contributed by atoms with Crippen molar-refractivity contribution in [3.8, 4) is 0 Å². The number of rotatable bonds is 5. The van der Waals surface area contributed by atoms with E-state index in [0.29, 0.717) is 23.1 Å². The second kappa shape index (κ2) is 7.80. The zero-order valence-corrected chi connectivity index (χ0v) is 17.1. The molecule has 0 unspecified atom stereocenters. The zero-order valence-electron chi connectivity index (χ0n) is 14.7. The average molecular weight is 413 g/mol. The summed E-state index contributed by atoms with van der Waals surface area (Å²) in [5.41, 5.74) is 2.89. The van der Waals surface area contributed by atoms with E-state index in [0.717, 1.165) is 26.2 Å². The summed E-state index contributed by atoms with van der Waals surface area (Å²) < 4.78 is 1.04. The van der Waals surface area contributed by atoms with E-state index >= 15 is 0 Å². The summed E-state index contributed by atoms with van der Waals surface area (Å²) in [6.45, 7) is 2.46. The summed E-state index contributed by atoms with van der Waals surface area (Å²) in [5.74, 6) is 0.0455. The number of aromatic nitrogens is 1. The Balaban J connectivity index is 1.72. The number of hydrogen-bond acceptors (Lipinski definition) is 4. The van der Waals surface area contributed by atoms with Crippen LogP contribution in [0, 0.1) is 6.92 Å². The third-order valence-electron chi connectivity index (χ3n) is 4.36. The number of benzene rings is 2. The van der Waals surface area contributed by atoms with Gasteiger partial charge in [0, 0.05) is 9.90 Å². The Labute approximate surface area is 170 Å². The zero-order chi connectivity index (χ0) is 18.8.